The van der Waals surface area contributed by atoms with Crippen molar-refractivity contribution in [1.82, 2.24) is 9.88 Å². The van der Waals surface area contributed by atoms with Crippen molar-refractivity contribution < 1.29 is 4.79 Å². The van der Waals surface area contributed by atoms with Gasteiger partial charge in [0, 0.05) is 46.4 Å². The van der Waals surface area contributed by atoms with Crippen LogP contribution in [0.4, 0.5) is 5.69 Å². The number of likely N-dealkylation sites (N-methyl/N-ethyl adjacent to an activating group) is 1. The van der Waals surface area contributed by atoms with E-state index in [2.05, 4.69) is 10.3 Å². The molecule has 1 amide bonds. The van der Waals surface area contributed by atoms with E-state index >= 15 is 0 Å². The van der Waals surface area contributed by atoms with E-state index in [0.717, 1.165) is 41.0 Å². The van der Waals surface area contributed by atoms with E-state index in [0.29, 0.717) is 5.03 Å². The minimum atomic E-state index is -0.148. The average Bonchev–Trinajstić information content (AvgIpc) is 2.62. The lowest BCUT2D eigenvalue weighted by Gasteiger charge is -2.10. The second-order valence-electron chi connectivity index (χ2n) is 6.55. The van der Waals surface area contributed by atoms with Crippen LogP contribution in [-0.2, 0) is 4.79 Å². The van der Waals surface area contributed by atoms with Gasteiger partial charge in [0.05, 0.1) is 0 Å². The zero-order chi connectivity index (χ0) is 19.8. The number of hydrogen-bond acceptors (Lipinski definition) is 3. The summed E-state index contributed by atoms with van der Waals surface area (Å²) in [5.41, 5.74) is 4.49. The van der Waals surface area contributed by atoms with Gasteiger partial charge in [-0.05, 0) is 51.2 Å². The van der Waals surface area contributed by atoms with Crippen LogP contribution in [0.2, 0.25) is 0 Å². The maximum absolute atomic E-state index is 12.0. The summed E-state index contributed by atoms with van der Waals surface area (Å²) in [4.78, 5) is 18.5. The quantitative estimate of drug-likeness (QED) is 0.676. The van der Waals surface area contributed by atoms with Crippen molar-refractivity contribution in [1.29, 1.82) is 0 Å². The number of nitrogens with one attached hydrogen (secondary N) is 1. The molecule has 0 bridgehead atoms. The van der Waals surface area contributed by atoms with Crippen LogP contribution in [0.3, 0.4) is 0 Å². The molecule has 0 radical (unpaired) electrons. The summed E-state index contributed by atoms with van der Waals surface area (Å²) in [5.74, 6) is -0.148. The minimum Gasteiger partial charge on any atom is -0.323 e. The van der Waals surface area contributed by atoms with Crippen molar-refractivity contribution in [3.05, 3.63) is 66.0 Å². The van der Waals surface area contributed by atoms with Crippen molar-refractivity contribution in [2.24, 2.45) is 0 Å². The molecule has 4 nitrogen and oxygen atoms in total. The van der Waals surface area contributed by atoms with Gasteiger partial charge in [-0.3, -0.25) is 9.78 Å². The minimum absolute atomic E-state index is 0.148. The Morgan fingerprint density at radius 3 is 2.74 bits per heavy atom. The Morgan fingerprint density at radius 2 is 2.04 bits per heavy atom. The molecule has 142 valence electrons. The van der Waals surface area contributed by atoms with E-state index in [1.165, 1.54) is 0 Å². The smallest absolute Gasteiger partial charge is 0.248 e. The van der Waals surface area contributed by atoms with Crippen LogP contribution in [0.1, 0.15) is 24.6 Å². The molecule has 0 atom stereocenters. The number of amides is 1. The molecular weight excluding hydrogens is 358 g/mol. The van der Waals surface area contributed by atoms with E-state index in [1.54, 1.807) is 6.08 Å². The summed E-state index contributed by atoms with van der Waals surface area (Å²) in [6, 6.07) is 9.75. The molecule has 1 aromatic heterocycles. The largest absolute Gasteiger partial charge is 0.323 e. The Balaban J connectivity index is 2.22. The first-order valence-electron chi connectivity index (χ1n) is 8.96. The molecule has 0 saturated heterocycles. The molecule has 0 saturated carbocycles. The van der Waals surface area contributed by atoms with Crippen molar-refractivity contribution in [3.63, 3.8) is 0 Å². The predicted molar refractivity (Wildman–Crippen MR) is 115 cm³/mol. The highest BCUT2D eigenvalue weighted by atomic mass is 35.5. The van der Waals surface area contributed by atoms with E-state index in [-0.39, 0.29) is 5.91 Å². The molecule has 1 heterocycles. The standard InChI is InChI=1S/C22H26ClN3O/c1-5-8-21(23)20-14-18(15-24-16(20)2)17-9-6-10-19(13-17)25-22(27)11-7-12-26(3)4/h6-11,13-15H,5,12H2,1-4H3,(H,25,27)/b11-7+,21-8+. The number of allylic oxidation sites excluding steroid dienone is 1. The van der Waals surface area contributed by atoms with Gasteiger partial charge < -0.3 is 10.2 Å². The van der Waals surface area contributed by atoms with Gasteiger partial charge in [-0.15, -0.1) is 0 Å². The lowest BCUT2D eigenvalue weighted by atomic mass is 10.0. The number of pyridine rings is 1. The fourth-order valence-electron chi connectivity index (χ4n) is 2.55. The molecule has 1 aromatic carbocycles. The molecule has 2 rings (SSSR count). The number of aromatic nitrogens is 1. The highest BCUT2D eigenvalue weighted by Crippen LogP contribution is 2.28. The molecule has 0 unspecified atom stereocenters. The highest BCUT2D eigenvalue weighted by Gasteiger charge is 2.08. The molecule has 0 fully saturated rings. The van der Waals surface area contributed by atoms with Gasteiger partial charge in [-0.1, -0.05) is 42.8 Å². The molecule has 0 aliphatic carbocycles. The van der Waals surface area contributed by atoms with Gasteiger partial charge in [0.25, 0.3) is 0 Å². The normalized spacial score (nSPS) is 12.0. The third kappa shape index (κ3) is 6.35. The second-order valence-corrected chi connectivity index (χ2v) is 6.96. The van der Waals surface area contributed by atoms with E-state index in [9.17, 15) is 4.79 Å². The fourth-order valence-corrected chi connectivity index (χ4v) is 2.90. The number of halogens is 1. The fraction of sp³-hybridized carbons (Fsp3) is 0.273. The number of aryl methyl sites for hydroxylation is 1. The van der Waals surface area contributed by atoms with Crippen molar-refractivity contribution in [3.8, 4) is 11.1 Å². The average molecular weight is 384 g/mol. The molecule has 27 heavy (non-hydrogen) atoms. The van der Waals surface area contributed by atoms with Gasteiger partial charge in [0.1, 0.15) is 0 Å². The van der Waals surface area contributed by atoms with Crippen LogP contribution in [-0.4, -0.2) is 36.4 Å². The Morgan fingerprint density at radius 1 is 1.26 bits per heavy atom. The van der Waals surface area contributed by atoms with E-state index < -0.39 is 0 Å². The first kappa shape index (κ1) is 20.9. The third-order valence-electron chi connectivity index (χ3n) is 3.93. The summed E-state index contributed by atoms with van der Waals surface area (Å²) >= 11 is 6.39. The molecule has 0 aliphatic rings. The summed E-state index contributed by atoms with van der Waals surface area (Å²) < 4.78 is 0. The summed E-state index contributed by atoms with van der Waals surface area (Å²) in [6.07, 6.45) is 8.05. The number of carbonyl (C=O) groups is 1. The number of hydrogen-bond donors (Lipinski definition) is 1. The monoisotopic (exact) mass is 383 g/mol. The first-order valence-corrected chi connectivity index (χ1v) is 9.34. The summed E-state index contributed by atoms with van der Waals surface area (Å²) in [7, 11) is 3.91. The second kappa shape index (κ2) is 10.0. The van der Waals surface area contributed by atoms with Gasteiger partial charge in [-0.2, -0.15) is 0 Å². The Kier molecular flexibility index (Phi) is 7.77. The van der Waals surface area contributed by atoms with Crippen LogP contribution in [0.25, 0.3) is 16.2 Å². The number of nitrogens with zero attached hydrogens (tertiary/aromatic N) is 2. The first-order chi connectivity index (χ1) is 12.9. The highest BCUT2D eigenvalue weighted by molar-refractivity contribution is 6.48. The number of carbonyl (C=O) groups excluding carboxylic acids is 1. The van der Waals surface area contributed by atoms with Crippen LogP contribution in [0, 0.1) is 6.92 Å². The van der Waals surface area contributed by atoms with Crippen LogP contribution >= 0.6 is 11.6 Å². The summed E-state index contributed by atoms with van der Waals surface area (Å²) in [6.45, 7) is 4.72. The molecule has 2 aromatic rings. The maximum atomic E-state index is 12.0. The maximum Gasteiger partial charge on any atom is 0.248 e. The zero-order valence-corrected chi connectivity index (χ0v) is 17.0. The van der Waals surface area contributed by atoms with Gasteiger partial charge >= 0.3 is 0 Å². The molecule has 1 N–H and O–H groups in total. The number of rotatable bonds is 7. The van der Waals surface area contributed by atoms with Crippen LogP contribution in [0.15, 0.2) is 54.8 Å². The van der Waals surface area contributed by atoms with Crippen LogP contribution < -0.4 is 5.32 Å². The summed E-state index contributed by atoms with van der Waals surface area (Å²) in [5, 5.41) is 3.60. The molecular formula is C22H26ClN3O. The molecule has 0 spiro atoms. The van der Waals surface area contributed by atoms with E-state index in [4.69, 9.17) is 11.6 Å². The lowest BCUT2D eigenvalue weighted by Crippen LogP contribution is -2.12. The zero-order valence-electron chi connectivity index (χ0n) is 16.3. The Labute approximate surface area is 166 Å². The topological polar surface area (TPSA) is 45.2 Å². The van der Waals surface area contributed by atoms with Crippen molar-refractivity contribution >= 4 is 28.2 Å². The predicted octanol–water partition coefficient (Wildman–Crippen LogP) is 5.10. The Hall–Kier alpha value is -2.43. The van der Waals surface area contributed by atoms with Crippen molar-refractivity contribution in [2.45, 2.75) is 20.3 Å². The van der Waals surface area contributed by atoms with Gasteiger partial charge in [0.15, 0.2) is 0 Å². The third-order valence-corrected chi connectivity index (χ3v) is 4.29. The van der Waals surface area contributed by atoms with Gasteiger partial charge in [-0.25, -0.2) is 0 Å². The van der Waals surface area contributed by atoms with E-state index in [1.807, 2.05) is 81.5 Å². The van der Waals surface area contributed by atoms with Crippen LogP contribution in [0.5, 0.6) is 0 Å². The number of anilines is 1. The lowest BCUT2D eigenvalue weighted by molar-refractivity contribution is -0.111. The van der Waals surface area contributed by atoms with Gasteiger partial charge in [0.2, 0.25) is 5.91 Å². The van der Waals surface area contributed by atoms with Crippen molar-refractivity contribution in [2.75, 3.05) is 26.0 Å². The Bertz CT molecular complexity index is 856. The number of benzene rings is 1. The SMILES string of the molecule is CC/C=C(/Cl)c1cc(-c2cccc(NC(=O)/C=C/CN(C)C)c2)cnc1C. The molecule has 5 heteroatoms. The molecule has 0 aliphatic heterocycles.